The first-order chi connectivity index (χ1) is 10.1. The van der Waals surface area contributed by atoms with Crippen molar-refractivity contribution in [3.05, 3.63) is 34.6 Å². The Kier molecular flexibility index (Phi) is 4.22. The van der Waals surface area contributed by atoms with Crippen LogP contribution in [-0.2, 0) is 15.0 Å². The topological polar surface area (TPSA) is 57.6 Å². The smallest absolute Gasteiger partial charge is 0.311 e. The number of carbonyl (C=O) groups is 2. The van der Waals surface area contributed by atoms with Crippen molar-refractivity contribution in [2.45, 2.75) is 32.6 Å². The number of carboxylic acid groups (broad SMARTS) is 1. The molecule has 1 amide bonds. The minimum Gasteiger partial charge on any atom is -0.481 e. The van der Waals surface area contributed by atoms with Crippen LogP contribution in [0.3, 0.4) is 0 Å². The summed E-state index contributed by atoms with van der Waals surface area (Å²) in [5, 5.41) is 9.52. The van der Waals surface area contributed by atoms with Gasteiger partial charge in [0.05, 0.1) is 10.8 Å². The number of halogens is 2. The molecule has 1 atom stereocenters. The number of amides is 1. The molecule has 1 aromatic carbocycles. The van der Waals surface area contributed by atoms with Crippen LogP contribution in [0.5, 0.6) is 0 Å². The van der Waals surface area contributed by atoms with Gasteiger partial charge in [-0.1, -0.05) is 17.7 Å². The van der Waals surface area contributed by atoms with Gasteiger partial charge >= 0.3 is 5.97 Å². The first kappa shape index (κ1) is 16.7. The maximum Gasteiger partial charge on any atom is 0.311 e. The van der Waals surface area contributed by atoms with Gasteiger partial charge in [-0.2, -0.15) is 0 Å². The summed E-state index contributed by atoms with van der Waals surface area (Å²) in [7, 11) is 0. The van der Waals surface area contributed by atoms with Gasteiger partial charge in [-0.3, -0.25) is 9.59 Å². The van der Waals surface area contributed by atoms with Gasteiger partial charge in [-0.15, -0.1) is 0 Å². The molecule has 1 aliphatic heterocycles. The molecule has 0 bridgehead atoms. The highest BCUT2D eigenvalue weighted by molar-refractivity contribution is 6.30. The summed E-state index contributed by atoms with van der Waals surface area (Å²) in [6.07, 6.45) is 0.396. The van der Waals surface area contributed by atoms with Crippen LogP contribution in [-0.4, -0.2) is 35.0 Å². The SMILES string of the molecule is CC1(C(=O)O)CCN(C(=O)C(C)(C)c2ccc(Cl)cc2F)C1. The lowest BCUT2D eigenvalue weighted by Crippen LogP contribution is -2.44. The summed E-state index contributed by atoms with van der Waals surface area (Å²) in [5.74, 6) is -1.73. The Hall–Kier alpha value is -1.62. The monoisotopic (exact) mass is 327 g/mol. The first-order valence-electron chi connectivity index (χ1n) is 7.06. The average Bonchev–Trinajstić information content (AvgIpc) is 2.81. The number of likely N-dealkylation sites (tertiary alicyclic amines) is 1. The molecule has 1 fully saturated rings. The molecule has 4 nitrogen and oxygen atoms in total. The molecule has 6 heteroatoms. The van der Waals surface area contributed by atoms with Crippen LogP contribution in [0.4, 0.5) is 4.39 Å². The Morgan fingerprint density at radius 1 is 1.41 bits per heavy atom. The molecule has 0 radical (unpaired) electrons. The van der Waals surface area contributed by atoms with Crippen LogP contribution in [0.15, 0.2) is 18.2 Å². The highest BCUT2D eigenvalue weighted by atomic mass is 35.5. The number of carbonyl (C=O) groups excluding carboxylic acids is 1. The molecule has 1 heterocycles. The van der Waals surface area contributed by atoms with E-state index in [0.29, 0.717) is 13.0 Å². The van der Waals surface area contributed by atoms with E-state index < -0.39 is 22.6 Å². The maximum atomic E-state index is 14.1. The van der Waals surface area contributed by atoms with E-state index in [4.69, 9.17) is 11.6 Å². The fraction of sp³-hybridized carbons (Fsp3) is 0.500. The molecular weight excluding hydrogens is 309 g/mol. The molecule has 22 heavy (non-hydrogen) atoms. The third-order valence-electron chi connectivity index (χ3n) is 4.42. The predicted molar refractivity (Wildman–Crippen MR) is 81.4 cm³/mol. The molecule has 2 rings (SSSR count). The molecule has 0 saturated carbocycles. The van der Waals surface area contributed by atoms with Crippen molar-refractivity contribution in [3.8, 4) is 0 Å². The van der Waals surface area contributed by atoms with Crippen molar-refractivity contribution in [3.63, 3.8) is 0 Å². The van der Waals surface area contributed by atoms with Crippen LogP contribution in [0.2, 0.25) is 5.02 Å². The molecule has 1 aliphatic rings. The molecule has 0 aromatic heterocycles. The number of carboxylic acids is 1. The number of hydrogen-bond acceptors (Lipinski definition) is 2. The molecule has 120 valence electrons. The lowest BCUT2D eigenvalue weighted by atomic mass is 9.82. The van der Waals surface area contributed by atoms with Crippen molar-refractivity contribution in [1.29, 1.82) is 0 Å². The standard InChI is InChI=1S/C16H19ClFNO3/c1-15(2,11-5-4-10(17)8-12(11)18)13(20)19-7-6-16(3,9-19)14(21)22/h4-5,8H,6-7,9H2,1-3H3,(H,21,22). The van der Waals surface area contributed by atoms with Gasteiger partial charge in [0.15, 0.2) is 0 Å². The second-order valence-electron chi connectivity index (χ2n) is 6.59. The molecule has 1 aromatic rings. The summed E-state index contributed by atoms with van der Waals surface area (Å²) < 4.78 is 14.1. The van der Waals surface area contributed by atoms with E-state index in [1.807, 2.05) is 0 Å². The Morgan fingerprint density at radius 3 is 2.55 bits per heavy atom. The number of benzene rings is 1. The van der Waals surface area contributed by atoms with E-state index in [9.17, 15) is 19.1 Å². The quantitative estimate of drug-likeness (QED) is 0.928. The second-order valence-corrected chi connectivity index (χ2v) is 7.03. The minimum atomic E-state index is -1.08. The normalized spacial score (nSPS) is 22.0. The van der Waals surface area contributed by atoms with Gasteiger partial charge in [0.2, 0.25) is 5.91 Å². The first-order valence-corrected chi connectivity index (χ1v) is 7.44. The number of aliphatic carboxylic acids is 1. The summed E-state index contributed by atoms with van der Waals surface area (Å²) in [6.45, 7) is 5.40. The zero-order chi connectivity index (χ0) is 16.7. The Balaban J connectivity index is 2.27. The lowest BCUT2D eigenvalue weighted by molar-refractivity contribution is -0.147. The predicted octanol–water partition coefficient (Wildman–Crippen LogP) is 3.08. The van der Waals surface area contributed by atoms with Crippen LogP contribution >= 0.6 is 11.6 Å². The van der Waals surface area contributed by atoms with Crippen LogP contribution in [0.25, 0.3) is 0 Å². The Bertz CT molecular complexity index is 632. The van der Waals surface area contributed by atoms with Crippen LogP contribution in [0, 0.1) is 11.2 Å². The average molecular weight is 328 g/mol. The Labute approximate surface area is 133 Å². The molecule has 1 unspecified atom stereocenters. The molecule has 0 aliphatic carbocycles. The van der Waals surface area contributed by atoms with E-state index >= 15 is 0 Å². The van der Waals surface area contributed by atoms with Crippen molar-refractivity contribution in [2.75, 3.05) is 13.1 Å². The van der Waals surface area contributed by atoms with Crippen molar-refractivity contribution < 1.29 is 19.1 Å². The number of hydrogen-bond donors (Lipinski definition) is 1. The summed E-state index contributed by atoms with van der Waals surface area (Å²) in [5.41, 5.74) is -1.77. The summed E-state index contributed by atoms with van der Waals surface area (Å²) in [6, 6.07) is 4.22. The molecular formula is C16H19ClFNO3. The Morgan fingerprint density at radius 2 is 2.05 bits per heavy atom. The number of nitrogens with zero attached hydrogens (tertiary/aromatic N) is 1. The van der Waals surface area contributed by atoms with Gasteiger partial charge in [0.1, 0.15) is 5.82 Å². The third-order valence-corrected chi connectivity index (χ3v) is 4.65. The third kappa shape index (κ3) is 2.82. The van der Waals surface area contributed by atoms with Gasteiger partial charge in [0.25, 0.3) is 0 Å². The molecule has 1 saturated heterocycles. The molecule has 0 spiro atoms. The highest BCUT2D eigenvalue weighted by Gasteiger charge is 2.45. The minimum absolute atomic E-state index is 0.139. The van der Waals surface area contributed by atoms with Gasteiger partial charge in [0, 0.05) is 23.7 Å². The van der Waals surface area contributed by atoms with Crippen molar-refractivity contribution >= 4 is 23.5 Å². The zero-order valence-corrected chi connectivity index (χ0v) is 13.6. The second kappa shape index (κ2) is 5.54. The van der Waals surface area contributed by atoms with Gasteiger partial charge < -0.3 is 10.0 Å². The summed E-state index contributed by atoms with van der Waals surface area (Å²) in [4.78, 5) is 25.5. The fourth-order valence-corrected chi connectivity index (χ4v) is 2.97. The summed E-state index contributed by atoms with van der Waals surface area (Å²) >= 11 is 5.75. The number of rotatable bonds is 3. The van der Waals surface area contributed by atoms with E-state index in [1.165, 1.54) is 17.0 Å². The highest BCUT2D eigenvalue weighted by Crippen LogP contribution is 2.35. The van der Waals surface area contributed by atoms with Gasteiger partial charge in [-0.25, -0.2) is 4.39 Å². The van der Waals surface area contributed by atoms with E-state index in [1.54, 1.807) is 26.8 Å². The largest absolute Gasteiger partial charge is 0.481 e. The zero-order valence-electron chi connectivity index (χ0n) is 12.8. The van der Waals surface area contributed by atoms with E-state index in [2.05, 4.69) is 0 Å². The van der Waals surface area contributed by atoms with E-state index in [-0.39, 0.29) is 23.0 Å². The lowest BCUT2D eigenvalue weighted by Gasteiger charge is -2.30. The van der Waals surface area contributed by atoms with Crippen molar-refractivity contribution in [2.24, 2.45) is 5.41 Å². The van der Waals surface area contributed by atoms with Crippen LogP contribution < -0.4 is 0 Å². The fourth-order valence-electron chi connectivity index (χ4n) is 2.82. The molecule has 1 N–H and O–H groups in total. The van der Waals surface area contributed by atoms with Crippen LogP contribution in [0.1, 0.15) is 32.8 Å². The van der Waals surface area contributed by atoms with Gasteiger partial charge in [-0.05, 0) is 39.3 Å². The van der Waals surface area contributed by atoms with Crippen molar-refractivity contribution in [1.82, 2.24) is 4.90 Å². The maximum absolute atomic E-state index is 14.1. The van der Waals surface area contributed by atoms with E-state index in [0.717, 1.165) is 0 Å².